The molecule has 4 nitrogen and oxygen atoms in total. The van der Waals surface area contributed by atoms with E-state index in [4.69, 9.17) is 0 Å². The normalized spacial score (nSPS) is 12.0. The quantitative estimate of drug-likeness (QED) is 0.845. The van der Waals surface area contributed by atoms with E-state index in [1.54, 1.807) is 0 Å². The molecule has 0 spiro atoms. The van der Waals surface area contributed by atoms with E-state index < -0.39 is 22.1 Å². The van der Waals surface area contributed by atoms with Crippen molar-refractivity contribution in [1.82, 2.24) is 0 Å². The van der Waals surface area contributed by atoms with Gasteiger partial charge in [-0.2, -0.15) is 0 Å². The van der Waals surface area contributed by atoms with Crippen molar-refractivity contribution in [2.45, 2.75) is 11.3 Å². The first-order valence-corrected chi connectivity index (χ1v) is 8.08. The highest BCUT2D eigenvalue weighted by atomic mass is 79.9. The number of alkyl halides is 3. The molecule has 1 N–H and O–H groups in total. The number of hydrogen-bond acceptors (Lipinski definition) is 3. The zero-order valence-corrected chi connectivity index (χ0v) is 13.2. The molecule has 22 heavy (non-hydrogen) atoms. The van der Waals surface area contributed by atoms with E-state index in [0.29, 0.717) is 4.47 Å². The maximum atomic E-state index is 12.3. The molecule has 2 rings (SSSR count). The standard InChI is InChI=1S/C13H9BrF3NO3S/c14-9-5-7-10(8-6-9)22(19,20)18-11-3-1-2-4-12(11)21-13(15,16)17/h1-8,18H. The van der Waals surface area contributed by atoms with Crippen LogP contribution < -0.4 is 9.46 Å². The second kappa shape index (κ2) is 6.17. The molecule has 0 bridgehead atoms. The molecule has 0 radical (unpaired) electrons. The molecule has 0 heterocycles. The number of hydrogen-bond donors (Lipinski definition) is 1. The first-order valence-electron chi connectivity index (χ1n) is 5.80. The lowest BCUT2D eigenvalue weighted by molar-refractivity contribution is -0.274. The highest BCUT2D eigenvalue weighted by molar-refractivity contribution is 9.10. The van der Waals surface area contributed by atoms with Crippen molar-refractivity contribution in [3.8, 4) is 5.75 Å². The fourth-order valence-corrected chi connectivity index (χ4v) is 2.92. The predicted octanol–water partition coefficient (Wildman–Crippen LogP) is 4.15. The lowest BCUT2D eigenvalue weighted by atomic mass is 10.3. The van der Waals surface area contributed by atoms with Crippen LogP contribution >= 0.6 is 15.9 Å². The molecule has 0 aliphatic rings. The molecule has 0 amide bonds. The van der Waals surface area contributed by atoms with Crippen molar-refractivity contribution in [2.24, 2.45) is 0 Å². The van der Waals surface area contributed by atoms with Gasteiger partial charge in [-0.15, -0.1) is 13.2 Å². The maximum Gasteiger partial charge on any atom is 0.573 e. The van der Waals surface area contributed by atoms with Gasteiger partial charge in [-0.05, 0) is 36.4 Å². The third kappa shape index (κ3) is 4.38. The predicted molar refractivity (Wildman–Crippen MR) is 78.1 cm³/mol. The molecule has 118 valence electrons. The van der Waals surface area contributed by atoms with Gasteiger partial charge >= 0.3 is 6.36 Å². The van der Waals surface area contributed by atoms with Crippen molar-refractivity contribution in [1.29, 1.82) is 0 Å². The molecule has 0 aliphatic heterocycles. The summed E-state index contributed by atoms with van der Waals surface area (Å²) in [4.78, 5) is -0.0856. The van der Waals surface area contributed by atoms with E-state index in [2.05, 4.69) is 25.4 Å². The van der Waals surface area contributed by atoms with Crippen LogP contribution in [0.25, 0.3) is 0 Å². The van der Waals surface area contributed by atoms with Crippen molar-refractivity contribution in [3.05, 3.63) is 53.0 Å². The summed E-state index contributed by atoms with van der Waals surface area (Å²) in [5.41, 5.74) is -0.303. The summed E-state index contributed by atoms with van der Waals surface area (Å²) >= 11 is 3.16. The van der Waals surface area contributed by atoms with Gasteiger partial charge in [-0.3, -0.25) is 4.72 Å². The van der Waals surface area contributed by atoms with Gasteiger partial charge in [0, 0.05) is 4.47 Å². The van der Waals surface area contributed by atoms with E-state index in [9.17, 15) is 21.6 Å². The number of halogens is 4. The monoisotopic (exact) mass is 395 g/mol. The van der Waals surface area contributed by atoms with Gasteiger partial charge in [0.05, 0.1) is 10.6 Å². The minimum Gasteiger partial charge on any atom is -0.404 e. The van der Waals surface area contributed by atoms with Crippen molar-refractivity contribution < 1.29 is 26.3 Å². The number of rotatable bonds is 4. The Kier molecular flexibility index (Phi) is 4.66. The van der Waals surface area contributed by atoms with Crippen LogP contribution in [-0.2, 0) is 10.0 Å². The minimum absolute atomic E-state index is 0.0856. The van der Waals surface area contributed by atoms with Crippen LogP contribution in [0.3, 0.4) is 0 Å². The van der Waals surface area contributed by atoms with E-state index in [1.807, 2.05) is 0 Å². The highest BCUT2D eigenvalue weighted by Crippen LogP contribution is 2.31. The summed E-state index contributed by atoms with van der Waals surface area (Å²) in [7, 11) is -4.03. The van der Waals surface area contributed by atoms with Gasteiger partial charge in [0.25, 0.3) is 10.0 Å². The van der Waals surface area contributed by atoms with Gasteiger partial charge in [0.2, 0.25) is 0 Å². The maximum absolute atomic E-state index is 12.3. The van der Waals surface area contributed by atoms with Crippen LogP contribution in [0.4, 0.5) is 18.9 Å². The Hall–Kier alpha value is -1.74. The number of benzene rings is 2. The van der Waals surface area contributed by atoms with Crippen LogP contribution in [0.15, 0.2) is 57.9 Å². The summed E-state index contributed by atoms with van der Waals surface area (Å²) in [5, 5.41) is 0. The first-order chi connectivity index (χ1) is 10.2. The van der Waals surface area contributed by atoms with Gasteiger partial charge in [0.1, 0.15) is 0 Å². The highest BCUT2D eigenvalue weighted by Gasteiger charge is 2.32. The van der Waals surface area contributed by atoms with E-state index in [-0.39, 0.29) is 10.6 Å². The number of sulfonamides is 1. The van der Waals surface area contributed by atoms with Gasteiger partial charge in [-0.1, -0.05) is 28.1 Å². The molecule has 0 unspecified atom stereocenters. The Morgan fingerprint density at radius 2 is 1.59 bits per heavy atom. The average molecular weight is 396 g/mol. The second-order valence-electron chi connectivity index (χ2n) is 4.10. The number of ether oxygens (including phenoxy) is 1. The van der Waals surface area contributed by atoms with Crippen molar-refractivity contribution in [3.63, 3.8) is 0 Å². The van der Waals surface area contributed by atoms with Crippen molar-refractivity contribution in [2.75, 3.05) is 4.72 Å². The summed E-state index contributed by atoms with van der Waals surface area (Å²) < 4.78 is 67.8. The molecule has 2 aromatic carbocycles. The summed E-state index contributed by atoms with van der Waals surface area (Å²) in [5.74, 6) is -0.629. The van der Waals surface area contributed by atoms with Gasteiger partial charge in [0.15, 0.2) is 5.75 Å². The second-order valence-corrected chi connectivity index (χ2v) is 6.70. The van der Waals surface area contributed by atoms with Crippen LogP contribution in [0, 0.1) is 0 Å². The van der Waals surface area contributed by atoms with Gasteiger partial charge in [-0.25, -0.2) is 8.42 Å². The zero-order chi connectivity index (χ0) is 16.4. The van der Waals surface area contributed by atoms with Gasteiger partial charge < -0.3 is 4.74 Å². The molecule has 0 fully saturated rings. The van der Waals surface area contributed by atoms with Crippen LogP contribution in [0.5, 0.6) is 5.75 Å². The Morgan fingerprint density at radius 3 is 2.18 bits per heavy atom. The van der Waals surface area contributed by atoms with E-state index in [1.165, 1.54) is 42.5 Å². The Bertz CT molecular complexity index is 761. The summed E-state index contributed by atoms with van der Waals surface area (Å²) in [6.07, 6.45) is -4.92. The molecule has 2 aromatic rings. The van der Waals surface area contributed by atoms with Crippen molar-refractivity contribution >= 4 is 31.6 Å². The smallest absolute Gasteiger partial charge is 0.404 e. The SMILES string of the molecule is O=S(=O)(Nc1ccccc1OC(F)(F)F)c1ccc(Br)cc1. The van der Waals surface area contributed by atoms with E-state index >= 15 is 0 Å². The molecule has 0 saturated heterocycles. The van der Waals surface area contributed by atoms with Crippen LogP contribution in [0.2, 0.25) is 0 Å². The van der Waals surface area contributed by atoms with Crippen LogP contribution in [0.1, 0.15) is 0 Å². The zero-order valence-electron chi connectivity index (χ0n) is 10.8. The Labute approximate surface area is 133 Å². The lowest BCUT2D eigenvalue weighted by Crippen LogP contribution is -2.19. The fraction of sp³-hybridized carbons (Fsp3) is 0.0769. The molecule has 0 saturated carbocycles. The molecular formula is C13H9BrF3NO3S. The first kappa shape index (κ1) is 16.6. The number of anilines is 1. The van der Waals surface area contributed by atoms with E-state index in [0.717, 1.165) is 6.07 Å². The lowest BCUT2D eigenvalue weighted by Gasteiger charge is -2.14. The fourth-order valence-electron chi connectivity index (χ4n) is 1.58. The minimum atomic E-state index is -4.92. The topological polar surface area (TPSA) is 55.4 Å². The number of para-hydroxylation sites is 2. The molecule has 0 aliphatic carbocycles. The third-order valence-corrected chi connectivity index (χ3v) is 4.39. The molecule has 0 aromatic heterocycles. The van der Waals surface area contributed by atoms with Crippen LogP contribution in [-0.4, -0.2) is 14.8 Å². The summed E-state index contributed by atoms with van der Waals surface area (Å²) in [6, 6.07) is 10.5. The molecule has 0 atom stereocenters. The average Bonchev–Trinajstić information content (AvgIpc) is 2.39. The summed E-state index contributed by atoms with van der Waals surface area (Å²) in [6.45, 7) is 0. The number of nitrogens with one attached hydrogen (secondary N) is 1. The third-order valence-electron chi connectivity index (χ3n) is 2.48. The Morgan fingerprint density at radius 1 is 1.00 bits per heavy atom. The largest absolute Gasteiger partial charge is 0.573 e. The molecular weight excluding hydrogens is 387 g/mol. The molecule has 9 heteroatoms. The Balaban J connectivity index is 2.32.